The van der Waals surface area contributed by atoms with Crippen LogP contribution in [0, 0.1) is 11.8 Å². The molecule has 1 amide bonds. The Morgan fingerprint density at radius 2 is 1.84 bits per heavy atom. The van der Waals surface area contributed by atoms with Crippen molar-refractivity contribution in [3.05, 3.63) is 95.1 Å². The Morgan fingerprint density at radius 3 is 2.63 bits per heavy atom. The number of likely N-dealkylation sites (N-methyl/N-ethyl adjacent to an activating group) is 1. The summed E-state index contributed by atoms with van der Waals surface area (Å²) in [5.74, 6) is 5.43. The van der Waals surface area contributed by atoms with Crippen molar-refractivity contribution in [2.75, 3.05) is 38.5 Å². The van der Waals surface area contributed by atoms with Crippen molar-refractivity contribution < 1.29 is 18.0 Å². The number of aromatic nitrogens is 3. The van der Waals surface area contributed by atoms with Gasteiger partial charge >= 0.3 is 6.18 Å². The highest BCUT2D eigenvalue weighted by Gasteiger charge is 2.34. The van der Waals surface area contributed by atoms with E-state index in [1.165, 1.54) is 24.5 Å². The van der Waals surface area contributed by atoms with Crippen molar-refractivity contribution in [2.45, 2.75) is 12.7 Å². The lowest BCUT2D eigenvalue weighted by Crippen LogP contribution is -2.44. The van der Waals surface area contributed by atoms with Crippen molar-refractivity contribution in [3.8, 4) is 11.8 Å². The van der Waals surface area contributed by atoms with E-state index in [1.54, 1.807) is 16.8 Å². The molecule has 1 N–H and O–H groups in total. The lowest BCUT2D eigenvalue weighted by Gasteiger charge is -2.33. The van der Waals surface area contributed by atoms with Crippen LogP contribution < -0.4 is 5.32 Å². The molecule has 7 nitrogen and oxygen atoms in total. The molecule has 0 radical (unpaired) electrons. The minimum atomic E-state index is -4.54. The summed E-state index contributed by atoms with van der Waals surface area (Å²) >= 11 is 0. The number of anilines is 1. The first-order chi connectivity index (χ1) is 18.3. The number of halogens is 3. The number of carbonyl (C=O) groups is 1. The molecule has 0 aliphatic carbocycles. The minimum Gasteiger partial charge on any atom is -0.322 e. The number of amides is 1. The summed E-state index contributed by atoms with van der Waals surface area (Å²) in [6, 6.07) is 11.1. The molecule has 1 fully saturated rings. The van der Waals surface area contributed by atoms with Crippen LogP contribution in [0.4, 0.5) is 18.9 Å². The van der Waals surface area contributed by atoms with Gasteiger partial charge in [-0.2, -0.15) is 18.3 Å². The van der Waals surface area contributed by atoms with E-state index in [0.29, 0.717) is 18.7 Å². The van der Waals surface area contributed by atoms with Gasteiger partial charge in [-0.3, -0.25) is 14.7 Å². The van der Waals surface area contributed by atoms with Gasteiger partial charge in [-0.05, 0) is 42.9 Å². The molecule has 1 aromatic carbocycles. The van der Waals surface area contributed by atoms with E-state index in [0.717, 1.165) is 30.2 Å². The summed E-state index contributed by atoms with van der Waals surface area (Å²) in [5.41, 5.74) is 1.74. The van der Waals surface area contributed by atoms with Gasteiger partial charge in [0.25, 0.3) is 5.91 Å². The summed E-state index contributed by atoms with van der Waals surface area (Å²) < 4.78 is 43.4. The van der Waals surface area contributed by atoms with Gasteiger partial charge in [-0.25, -0.2) is 4.52 Å². The maximum Gasteiger partial charge on any atom is 0.416 e. The molecule has 10 heteroatoms. The topological polar surface area (TPSA) is 65.8 Å². The molecule has 1 aliphatic rings. The first-order valence-electron chi connectivity index (χ1n) is 12.1. The lowest BCUT2D eigenvalue weighted by atomic mass is 10.0. The van der Waals surface area contributed by atoms with Crippen LogP contribution in [0.25, 0.3) is 5.52 Å². The zero-order chi connectivity index (χ0) is 26.7. The number of pyridine rings is 2. The average Bonchev–Trinajstić information content (AvgIpc) is 3.32. The smallest absolute Gasteiger partial charge is 0.322 e. The number of hydrogen-bond donors (Lipinski definition) is 1. The van der Waals surface area contributed by atoms with Crippen LogP contribution in [0.3, 0.4) is 0 Å². The maximum atomic E-state index is 13.9. The predicted molar refractivity (Wildman–Crippen MR) is 138 cm³/mol. The fourth-order valence-electron chi connectivity index (χ4n) is 4.31. The molecule has 38 heavy (non-hydrogen) atoms. The van der Waals surface area contributed by atoms with Crippen LogP contribution in [0.2, 0.25) is 0 Å². The number of hydrogen-bond acceptors (Lipinski definition) is 5. The average molecular weight is 519 g/mol. The lowest BCUT2D eigenvalue weighted by molar-refractivity contribution is -0.138. The number of carbonyl (C=O) groups excluding carboxylic acids is 1. The van der Waals surface area contributed by atoms with Gasteiger partial charge in [-0.1, -0.05) is 24.0 Å². The molecule has 0 atom stereocenters. The van der Waals surface area contributed by atoms with Gasteiger partial charge in [0.1, 0.15) is 0 Å². The highest BCUT2D eigenvalue weighted by Crippen LogP contribution is 2.34. The third-order valence-corrected chi connectivity index (χ3v) is 6.43. The second-order valence-corrected chi connectivity index (χ2v) is 9.20. The Hall–Kier alpha value is -4.20. The molecule has 3 aromatic heterocycles. The van der Waals surface area contributed by atoms with Crippen molar-refractivity contribution >= 4 is 17.1 Å². The largest absolute Gasteiger partial charge is 0.416 e. The minimum absolute atomic E-state index is 0.0623. The van der Waals surface area contributed by atoms with E-state index in [4.69, 9.17) is 0 Å². The number of nitrogens with zero attached hydrogens (tertiary/aromatic N) is 5. The Balaban J connectivity index is 1.32. The number of nitrogens with one attached hydrogen (secondary N) is 1. The second-order valence-electron chi connectivity index (χ2n) is 9.20. The van der Waals surface area contributed by atoms with E-state index in [-0.39, 0.29) is 23.4 Å². The summed E-state index contributed by atoms with van der Waals surface area (Å²) in [5, 5.41) is 6.81. The van der Waals surface area contributed by atoms with Crippen LogP contribution >= 0.6 is 0 Å². The summed E-state index contributed by atoms with van der Waals surface area (Å²) in [6.07, 6.45) is 1.79. The maximum absolute atomic E-state index is 13.9. The van der Waals surface area contributed by atoms with Gasteiger partial charge in [0.15, 0.2) is 0 Å². The zero-order valence-electron chi connectivity index (χ0n) is 20.7. The van der Waals surface area contributed by atoms with Gasteiger partial charge in [0, 0.05) is 62.6 Å². The molecule has 0 spiro atoms. The number of alkyl halides is 3. The second kappa shape index (κ2) is 10.7. The van der Waals surface area contributed by atoms with Crippen LogP contribution in [-0.2, 0) is 12.7 Å². The van der Waals surface area contributed by atoms with Crippen molar-refractivity contribution in [3.63, 3.8) is 0 Å². The number of rotatable bonds is 4. The van der Waals surface area contributed by atoms with E-state index in [9.17, 15) is 18.0 Å². The van der Waals surface area contributed by atoms with E-state index in [1.807, 2.05) is 36.3 Å². The highest BCUT2D eigenvalue weighted by atomic mass is 19.4. The molecule has 1 aliphatic heterocycles. The van der Waals surface area contributed by atoms with E-state index < -0.39 is 17.6 Å². The number of benzene rings is 1. The molecule has 5 rings (SSSR count). The van der Waals surface area contributed by atoms with Gasteiger partial charge < -0.3 is 10.2 Å². The van der Waals surface area contributed by atoms with Gasteiger partial charge in [-0.15, -0.1) is 0 Å². The molecular formula is C28H25F3N6O. The molecule has 1 saturated heterocycles. The summed E-state index contributed by atoms with van der Waals surface area (Å²) in [4.78, 5) is 21.1. The highest BCUT2D eigenvalue weighted by molar-refractivity contribution is 6.04. The molecule has 194 valence electrons. The molecule has 0 unspecified atom stereocenters. The molecule has 4 heterocycles. The van der Waals surface area contributed by atoms with Crippen LogP contribution in [0.5, 0.6) is 0 Å². The van der Waals surface area contributed by atoms with Gasteiger partial charge in [0.2, 0.25) is 0 Å². The normalized spacial score (nSPS) is 14.7. The van der Waals surface area contributed by atoms with Crippen LogP contribution in [0.1, 0.15) is 32.6 Å². The Bertz CT molecular complexity index is 1530. The van der Waals surface area contributed by atoms with Crippen molar-refractivity contribution in [1.82, 2.24) is 24.4 Å². The third kappa shape index (κ3) is 5.85. The molecule has 4 aromatic rings. The fraction of sp³-hybridized carbons (Fsp3) is 0.250. The standard InChI is InChI=1S/C28H25F3N6O/c1-35-10-12-36(13-11-35)19-22-7-8-24(15-25(22)28(29,30)31)34-27(38)23-14-20(16-32-17-23)5-6-21-18-33-37-9-3-2-4-26(21)37/h2-4,7-9,14-18H,10-13,19H2,1H3,(H,34,38). The molecule has 0 bridgehead atoms. The zero-order valence-corrected chi connectivity index (χ0v) is 20.7. The van der Waals surface area contributed by atoms with Gasteiger partial charge in [0.05, 0.1) is 28.4 Å². The predicted octanol–water partition coefficient (Wildman–Crippen LogP) is 4.15. The SMILES string of the molecule is CN1CCN(Cc2ccc(NC(=O)c3cncc(C#Cc4cnn5ccccc45)c3)cc2C(F)(F)F)CC1. The van der Waals surface area contributed by atoms with E-state index in [2.05, 4.69) is 32.1 Å². The quantitative estimate of drug-likeness (QED) is 0.412. The summed E-state index contributed by atoms with van der Waals surface area (Å²) in [7, 11) is 2.00. The Morgan fingerprint density at radius 1 is 1.03 bits per heavy atom. The Labute approximate surface area is 217 Å². The summed E-state index contributed by atoms with van der Waals surface area (Å²) in [6.45, 7) is 3.23. The van der Waals surface area contributed by atoms with Crippen LogP contribution in [-0.4, -0.2) is 63.5 Å². The van der Waals surface area contributed by atoms with Crippen molar-refractivity contribution in [1.29, 1.82) is 0 Å². The first kappa shape index (κ1) is 25.4. The Kier molecular flexibility index (Phi) is 7.13. The molecular weight excluding hydrogens is 493 g/mol. The van der Waals surface area contributed by atoms with Crippen molar-refractivity contribution in [2.24, 2.45) is 0 Å². The third-order valence-electron chi connectivity index (χ3n) is 6.43. The fourth-order valence-corrected chi connectivity index (χ4v) is 4.31. The number of fused-ring (bicyclic) bond motifs is 1. The molecule has 0 saturated carbocycles. The monoisotopic (exact) mass is 518 g/mol. The number of piperazine rings is 1. The first-order valence-corrected chi connectivity index (χ1v) is 12.1. The van der Waals surface area contributed by atoms with Crippen LogP contribution in [0.15, 0.2) is 67.3 Å². The van der Waals surface area contributed by atoms with E-state index >= 15 is 0 Å².